The molecule has 11 aromatic rings. The third kappa shape index (κ3) is 5.43. The van der Waals surface area contributed by atoms with Crippen LogP contribution in [-0.4, -0.2) is 9.13 Å². The van der Waals surface area contributed by atoms with Gasteiger partial charge in [-0.1, -0.05) is 152 Å². The molecule has 0 saturated carbocycles. The molecule has 0 bridgehead atoms. The molecule has 0 radical (unpaired) electrons. The highest BCUT2D eigenvalue weighted by Gasteiger charge is 2.23. The van der Waals surface area contributed by atoms with E-state index in [1.807, 2.05) is 0 Å². The van der Waals surface area contributed by atoms with Crippen LogP contribution in [0.3, 0.4) is 0 Å². The van der Waals surface area contributed by atoms with Gasteiger partial charge in [-0.3, -0.25) is 0 Å². The van der Waals surface area contributed by atoms with Crippen LogP contribution >= 0.6 is 0 Å². The summed E-state index contributed by atoms with van der Waals surface area (Å²) in [5, 5.41) is 4.88. The van der Waals surface area contributed by atoms with Gasteiger partial charge in [-0.05, 0) is 95.1 Å². The van der Waals surface area contributed by atoms with Gasteiger partial charge in [0.2, 0.25) is 0 Å². The van der Waals surface area contributed by atoms with Crippen LogP contribution in [0.4, 0.5) is 17.1 Å². The second-order valence-corrected chi connectivity index (χ2v) is 14.5. The molecule has 0 aliphatic heterocycles. The molecule has 9 aromatic carbocycles. The monoisotopic (exact) mass is 727 g/mol. The quantitative estimate of drug-likeness (QED) is 0.159. The van der Waals surface area contributed by atoms with Gasteiger partial charge in [0.1, 0.15) is 0 Å². The summed E-state index contributed by atoms with van der Waals surface area (Å²) in [5.74, 6) is 0. The van der Waals surface area contributed by atoms with E-state index in [9.17, 15) is 0 Å². The number of hydrogen-bond donors (Lipinski definition) is 0. The maximum atomic E-state index is 2.46. The van der Waals surface area contributed by atoms with Gasteiger partial charge in [0, 0.05) is 44.3 Å². The van der Waals surface area contributed by atoms with Crippen molar-refractivity contribution in [3.05, 3.63) is 224 Å². The minimum Gasteiger partial charge on any atom is -0.310 e. The van der Waals surface area contributed by atoms with Gasteiger partial charge in [-0.15, -0.1) is 0 Å². The van der Waals surface area contributed by atoms with E-state index in [2.05, 4.69) is 238 Å². The molecule has 0 aliphatic carbocycles. The Balaban J connectivity index is 1.23. The van der Waals surface area contributed by atoms with E-state index in [-0.39, 0.29) is 0 Å². The molecule has 0 saturated heterocycles. The first-order valence-electron chi connectivity index (χ1n) is 19.5. The van der Waals surface area contributed by atoms with Gasteiger partial charge in [0.05, 0.1) is 27.8 Å². The Morgan fingerprint density at radius 1 is 0.298 bits per heavy atom. The van der Waals surface area contributed by atoms with Crippen molar-refractivity contribution >= 4 is 60.7 Å². The maximum Gasteiger partial charge on any atom is 0.0562 e. The van der Waals surface area contributed by atoms with Gasteiger partial charge < -0.3 is 14.0 Å². The van der Waals surface area contributed by atoms with Crippen LogP contribution in [0, 0.1) is 0 Å². The third-order valence-electron chi connectivity index (χ3n) is 11.3. The number of anilines is 3. The van der Waals surface area contributed by atoms with Crippen LogP contribution in [0.2, 0.25) is 0 Å². The number of fused-ring (bicyclic) bond motifs is 6. The molecule has 0 spiro atoms. The fourth-order valence-electron chi connectivity index (χ4n) is 8.83. The molecule has 3 heteroatoms. The second-order valence-electron chi connectivity index (χ2n) is 14.5. The summed E-state index contributed by atoms with van der Waals surface area (Å²) in [6.07, 6.45) is 0. The lowest BCUT2D eigenvalue weighted by molar-refractivity contribution is 1.17. The van der Waals surface area contributed by atoms with Crippen molar-refractivity contribution in [1.82, 2.24) is 9.13 Å². The Labute approximate surface area is 331 Å². The van der Waals surface area contributed by atoms with Gasteiger partial charge >= 0.3 is 0 Å². The highest BCUT2D eigenvalue weighted by Crippen LogP contribution is 2.46. The van der Waals surface area contributed by atoms with E-state index in [4.69, 9.17) is 0 Å². The summed E-state index contributed by atoms with van der Waals surface area (Å²) in [4.78, 5) is 2.46. The zero-order valence-electron chi connectivity index (χ0n) is 31.2. The number of rotatable bonds is 7. The van der Waals surface area contributed by atoms with Crippen molar-refractivity contribution < 1.29 is 0 Å². The Morgan fingerprint density at radius 2 is 0.807 bits per heavy atom. The number of aromatic nitrogens is 2. The molecule has 0 aliphatic rings. The lowest BCUT2D eigenvalue weighted by atomic mass is 9.99. The first-order chi connectivity index (χ1) is 28.3. The first-order valence-corrected chi connectivity index (χ1v) is 19.5. The van der Waals surface area contributed by atoms with Gasteiger partial charge in [0.15, 0.2) is 0 Å². The van der Waals surface area contributed by atoms with Gasteiger partial charge in [0.25, 0.3) is 0 Å². The predicted octanol–water partition coefficient (Wildman–Crippen LogP) is 14.7. The van der Waals surface area contributed by atoms with Crippen LogP contribution in [0.25, 0.3) is 77.2 Å². The molecule has 0 N–H and O–H groups in total. The summed E-state index contributed by atoms with van der Waals surface area (Å²) in [7, 11) is 0. The zero-order chi connectivity index (χ0) is 37.7. The predicted molar refractivity (Wildman–Crippen MR) is 241 cm³/mol. The molecular weight excluding hydrogens is 691 g/mol. The van der Waals surface area contributed by atoms with Crippen LogP contribution < -0.4 is 4.90 Å². The molecule has 0 unspecified atom stereocenters. The molecule has 0 amide bonds. The Hall–Kier alpha value is -7.62. The molecule has 0 atom stereocenters. The minimum atomic E-state index is 1.08. The summed E-state index contributed by atoms with van der Waals surface area (Å²) >= 11 is 0. The third-order valence-corrected chi connectivity index (χ3v) is 11.3. The molecule has 268 valence electrons. The van der Waals surface area contributed by atoms with Crippen LogP contribution in [0.5, 0.6) is 0 Å². The standard InChI is InChI=1S/C54H37N3/c1-5-18-38(19-6-1)40-22-15-27-43(36-40)55(50-32-17-33-51-54(50)46-28-13-14-30-48(46)56(51)41-23-9-3-10-24-41)44-34-35-47-52(37-44)57(42-25-11-4-12-26-42)49-31-16-29-45(53(47)49)39-20-7-2-8-21-39/h1-37H. The SMILES string of the molecule is c1ccc(-c2cccc(N(c3ccc4c5c(-c6ccccc6)cccc5n(-c5ccccc5)c4c3)c3cccc4c3c3ccccc3n4-c3ccccc3)c2)cc1. The van der Waals surface area contributed by atoms with E-state index in [1.165, 1.54) is 54.8 Å². The Kier molecular flexibility index (Phi) is 7.82. The van der Waals surface area contributed by atoms with E-state index in [0.29, 0.717) is 0 Å². The van der Waals surface area contributed by atoms with Crippen LogP contribution in [-0.2, 0) is 0 Å². The fraction of sp³-hybridized carbons (Fsp3) is 0. The van der Waals surface area contributed by atoms with E-state index >= 15 is 0 Å². The molecule has 2 heterocycles. The van der Waals surface area contributed by atoms with E-state index in [0.717, 1.165) is 39.5 Å². The van der Waals surface area contributed by atoms with Crippen molar-refractivity contribution in [3.8, 4) is 33.6 Å². The average Bonchev–Trinajstić information content (AvgIpc) is 3.81. The Bertz CT molecular complexity index is 3220. The lowest BCUT2D eigenvalue weighted by Gasteiger charge is -2.27. The highest BCUT2D eigenvalue weighted by atomic mass is 15.2. The number of hydrogen-bond acceptors (Lipinski definition) is 1. The number of benzene rings is 9. The van der Waals surface area contributed by atoms with Crippen molar-refractivity contribution in [2.24, 2.45) is 0 Å². The molecule has 57 heavy (non-hydrogen) atoms. The molecular formula is C54H37N3. The van der Waals surface area contributed by atoms with Crippen molar-refractivity contribution in [2.45, 2.75) is 0 Å². The summed E-state index contributed by atoms with van der Waals surface area (Å²) in [6.45, 7) is 0. The van der Waals surface area contributed by atoms with Crippen LogP contribution in [0.1, 0.15) is 0 Å². The Morgan fingerprint density at radius 3 is 1.53 bits per heavy atom. The fourth-order valence-corrected chi connectivity index (χ4v) is 8.83. The number of nitrogens with zero attached hydrogens (tertiary/aromatic N) is 3. The van der Waals surface area contributed by atoms with Crippen LogP contribution in [0.15, 0.2) is 224 Å². The first kappa shape index (κ1) is 32.8. The van der Waals surface area contributed by atoms with E-state index < -0.39 is 0 Å². The van der Waals surface area contributed by atoms with Crippen molar-refractivity contribution in [2.75, 3.05) is 4.90 Å². The normalized spacial score (nSPS) is 11.5. The molecule has 3 nitrogen and oxygen atoms in total. The van der Waals surface area contributed by atoms with Crippen molar-refractivity contribution in [1.29, 1.82) is 0 Å². The number of para-hydroxylation sites is 3. The molecule has 2 aromatic heterocycles. The lowest BCUT2D eigenvalue weighted by Crippen LogP contribution is -2.11. The topological polar surface area (TPSA) is 13.1 Å². The summed E-state index contributed by atoms with van der Waals surface area (Å²) in [6, 6.07) is 81.1. The largest absolute Gasteiger partial charge is 0.310 e. The molecule has 0 fully saturated rings. The maximum absolute atomic E-state index is 2.46. The smallest absolute Gasteiger partial charge is 0.0562 e. The van der Waals surface area contributed by atoms with Gasteiger partial charge in [-0.2, -0.15) is 0 Å². The molecule has 11 rings (SSSR count). The van der Waals surface area contributed by atoms with Gasteiger partial charge in [-0.25, -0.2) is 0 Å². The highest BCUT2D eigenvalue weighted by molar-refractivity contribution is 6.18. The average molecular weight is 728 g/mol. The van der Waals surface area contributed by atoms with Crippen molar-refractivity contribution in [3.63, 3.8) is 0 Å². The summed E-state index contributed by atoms with van der Waals surface area (Å²) < 4.78 is 4.83. The van der Waals surface area contributed by atoms with E-state index in [1.54, 1.807) is 0 Å². The second kappa shape index (κ2) is 13.6. The zero-order valence-corrected chi connectivity index (χ0v) is 31.2. The minimum absolute atomic E-state index is 1.08. The summed E-state index contributed by atoms with van der Waals surface area (Å²) in [5.41, 5.74) is 15.0.